The van der Waals surface area contributed by atoms with Gasteiger partial charge in [0.05, 0.1) is 0 Å². The van der Waals surface area contributed by atoms with E-state index in [0.717, 1.165) is 52.4 Å². The molecule has 0 atom stereocenters. The summed E-state index contributed by atoms with van der Waals surface area (Å²) in [7, 11) is 1.97. The number of hydrogen-bond acceptors (Lipinski definition) is 3. The summed E-state index contributed by atoms with van der Waals surface area (Å²) in [5.74, 6) is 0. The van der Waals surface area contributed by atoms with E-state index in [-0.39, 0.29) is 6.03 Å². The zero-order chi connectivity index (χ0) is 12.7. The Morgan fingerprint density at radius 1 is 1.18 bits per heavy atom. The minimum atomic E-state index is 0.197. The third-order valence-electron chi connectivity index (χ3n) is 3.35. The van der Waals surface area contributed by atoms with Gasteiger partial charge in [0.15, 0.2) is 0 Å². The predicted octanol–water partition coefficient (Wildman–Crippen LogP) is 0.285. The summed E-state index contributed by atoms with van der Waals surface area (Å²) in [6.07, 6.45) is 0. The molecule has 1 heterocycles. The molecule has 0 aromatic rings. The quantitative estimate of drug-likeness (QED) is 0.753. The number of piperazine rings is 1. The van der Waals surface area contributed by atoms with Gasteiger partial charge in [-0.3, -0.25) is 4.90 Å². The maximum atomic E-state index is 12.1. The van der Waals surface area contributed by atoms with E-state index >= 15 is 0 Å². The lowest BCUT2D eigenvalue weighted by molar-refractivity contribution is 0.116. The molecule has 0 aromatic carbocycles. The maximum Gasteiger partial charge on any atom is 0.320 e. The van der Waals surface area contributed by atoms with Gasteiger partial charge in [0.1, 0.15) is 0 Å². The van der Waals surface area contributed by atoms with Gasteiger partial charge >= 0.3 is 6.03 Å². The first-order valence-electron chi connectivity index (χ1n) is 6.63. The van der Waals surface area contributed by atoms with Crippen molar-refractivity contribution < 1.29 is 4.79 Å². The monoisotopic (exact) mass is 242 g/mol. The van der Waals surface area contributed by atoms with Crippen LogP contribution in [0.4, 0.5) is 4.79 Å². The Labute approximate surface area is 105 Å². The third-order valence-corrected chi connectivity index (χ3v) is 3.35. The Balaban J connectivity index is 2.33. The first-order chi connectivity index (χ1) is 8.22. The first kappa shape index (κ1) is 14.3. The fraction of sp³-hybridized carbons (Fsp3) is 0.917. The minimum Gasteiger partial charge on any atom is -0.325 e. The van der Waals surface area contributed by atoms with Crippen molar-refractivity contribution in [1.29, 1.82) is 0 Å². The Kier molecular flexibility index (Phi) is 6.29. The van der Waals surface area contributed by atoms with Gasteiger partial charge in [-0.1, -0.05) is 0 Å². The maximum absolute atomic E-state index is 12.1. The van der Waals surface area contributed by atoms with Crippen molar-refractivity contribution in [2.45, 2.75) is 13.8 Å². The van der Waals surface area contributed by atoms with Gasteiger partial charge in [0, 0.05) is 52.4 Å². The molecule has 5 heteroatoms. The van der Waals surface area contributed by atoms with Crippen molar-refractivity contribution in [1.82, 2.24) is 20.0 Å². The largest absolute Gasteiger partial charge is 0.325 e. The molecule has 0 unspecified atom stereocenters. The second-order valence-corrected chi connectivity index (χ2v) is 4.39. The Hall–Kier alpha value is -0.810. The molecule has 0 spiro atoms. The van der Waals surface area contributed by atoms with Gasteiger partial charge < -0.3 is 15.1 Å². The van der Waals surface area contributed by atoms with E-state index in [1.165, 1.54) is 0 Å². The Bertz CT molecular complexity index is 223. The SMILES string of the molecule is CCN(CC)C(=O)N1CCN(CCNC)CC1. The van der Waals surface area contributed by atoms with Crippen LogP contribution in [0.15, 0.2) is 0 Å². The highest BCUT2D eigenvalue weighted by Gasteiger charge is 2.23. The number of carbonyl (C=O) groups is 1. The number of carbonyl (C=O) groups excluding carboxylic acids is 1. The van der Waals surface area contributed by atoms with Crippen LogP contribution >= 0.6 is 0 Å². The van der Waals surface area contributed by atoms with E-state index in [1.807, 2.05) is 30.7 Å². The van der Waals surface area contributed by atoms with E-state index in [9.17, 15) is 4.79 Å². The third kappa shape index (κ3) is 4.16. The molecule has 1 aliphatic heterocycles. The van der Waals surface area contributed by atoms with Gasteiger partial charge in [-0.2, -0.15) is 0 Å². The molecule has 1 rings (SSSR count). The number of nitrogens with zero attached hydrogens (tertiary/aromatic N) is 3. The summed E-state index contributed by atoms with van der Waals surface area (Å²) in [5, 5.41) is 3.16. The van der Waals surface area contributed by atoms with E-state index in [2.05, 4.69) is 10.2 Å². The molecule has 0 saturated carbocycles. The summed E-state index contributed by atoms with van der Waals surface area (Å²) in [5.41, 5.74) is 0. The molecule has 0 aromatic heterocycles. The Morgan fingerprint density at radius 2 is 1.76 bits per heavy atom. The van der Waals surface area contributed by atoms with Crippen LogP contribution in [0.1, 0.15) is 13.8 Å². The molecule has 100 valence electrons. The van der Waals surface area contributed by atoms with Gasteiger partial charge in [0.25, 0.3) is 0 Å². The minimum absolute atomic E-state index is 0.197. The lowest BCUT2D eigenvalue weighted by atomic mass is 10.3. The highest BCUT2D eigenvalue weighted by Crippen LogP contribution is 2.05. The molecule has 1 aliphatic rings. The van der Waals surface area contributed by atoms with Crippen LogP contribution in [0.2, 0.25) is 0 Å². The van der Waals surface area contributed by atoms with Crippen LogP contribution in [-0.4, -0.2) is 80.1 Å². The highest BCUT2D eigenvalue weighted by atomic mass is 16.2. The van der Waals surface area contributed by atoms with Crippen molar-refractivity contribution in [2.24, 2.45) is 0 Å². The molecule has 5 nitrogen and oxygen atoms in total. The zero-order valence-corrected chi connectivity index (χ0v) is 11.4. The van der Waals surface area contributed by atoms with E-state index in [1.54, 1.807) is 0 Å². The van der Waals surface area contributed by atoms with Crippen molar-refractivity contribution in [3.63, 3.8) is 0 Å². The second kappa shape index (κ2) is 7.50. The topological polar surface area (TPSA) is 38.8 Å². The smallest absolute Gasteiger partial charge is 0.320 e. The summed E-state index contributed by atoms with van der Waals surface area (Å²) in [4.78, 5) is 18.4. The van der Waals surface area contributed by atoms with Crippen LogP contribution in [0.3, 0.4) is 0 Å². The summed E-state index contributed by atoms with van der Waals surface area (Å²) < 4.78 is 0. The lowest BCUT2D eigenvalue weighted by Crippen LogP contribution is -2.53. The van der Waals surface area contributed by atoms with Gasteiger partial charge in [-0.15, -0.1) is 0 Å². The van der Waals surface area contributed by atoms with E-state index in [0.29, 0.717) is 0 Å². The van der Waals surface area contributed by atoms with Gasteiger partial charge in [-0.25, -0.2) is 4.79 Å². The van der Waals surface area contributed by atoms with Crippen molar-refractivity contribution in [3.05, 3.63) is 0 Å². The summed E-state index contributed by atoms with van der Waals surface area (Å²) in [6.45, 7) is 11.5. The van der Waals surface area contributed by atoms with E-state index in [4.69, 9.17) is 0 Å². The van der Waals surface area contributed by atoms with Crippen LogP contribution in [-0.2, 0) is 0 Å². The zero-order valence-electron chi connectivity index (χ0n) is 11.4. The highest BCUT2D eigenvalue weighted by molar-refractivity contribution is 5.74. The van der Waals surface area contributed by atoms with Crippen molar-refractivity contribution >= 4 is 6.03 Å². The average molecular weight is 242 g/mol. The average Bonchev–Trinajstić information content (AvgIpc) is 2.38. The number of amides is 2. The predicted molar refractivity (Wildman–Crippen MR) is 70.3 cm³/mol. The van der Waals surface area contributed by atoms with Gasteiger partial charge in [0.2, 0.25) is 0 Å². The van der Waals surface area contributed by atoms with Crippen molar-refractivity contribution in [3.8, 4) is 0 Å². The van der Waals surface area contributed by atoms with Crippen molar-refractivity contribution in [2.75, 3.05) is 59.4 Å². The molecule has 1 saturated heterocycles. The number of likely N-dealkylation sites (N-methyl/N-ethyl adjacent to an activating group) is 1. The fourth-order valence-corrected chi connectivity index (χ4v) is 2.13. The Morgan fingerprint density at radius 3 is 2.24 bits per heavy atom. The molecule has 2 amide bonds. The molecule has 0 aliphatic carbocycles. The van der Waals surface area contributed by atoms with Crippen LogP contribution in [0, 0.1) is 0 Å². The number of hydrogen-bond donors (Lipinski definition) is 1. The molecule has 1 fully saturated rings. The van der Waals surface area contributed by atoms with Crippen LogP contribution in [0.5, 0.6) is 0 Å². The molecule has 17 heavy (non-hydrogen) atoms. The molecular weight excluding hydrogens is 216 g/mol. The standard InChI is InChI=1S/C12H26N4O/c1-4-15(5-2)12(17)16-10-8-14(9-11-16)7-6-13-3/h13H,4-11H2,1-3H3. The first-order valence-corrected chi connectivity index (χ1v) is 6.63. The number of urea groups is 1. The van der Waals surface area contributed by atoms with E-state index < -0.39 is 0 Å². The summed E-state index contributed by atoms with van der Waals surface area (Å²) >= 11 is 0. The molecular formula is C12H26N4O. The molecule has 0 radical (unpaired) electrons. The van der Waals surface area contributed by atoms with Gasteiger partial charge in [-0.05, 0) is 20.9 Å². The fourth-order valence-electron chi connectivity index (χ4n) is 2.13. The number of rotatable bonds is 5. The lowest BCUT2D eigenvalue weighted by Gasteiger charge is -2.37. The van der Waals surface area contributed by atoms with Crippen LogP contribution in [0.25, 0.3) is 0 Å². The number of nitrogens with one attached hydrogen (secondary N) is 1. The summed E-state index contributed by atoms with van der Waals surface area (Å²) in [6, 6.07) is 0.197. The second-order valence-electron chi connectivity index (χ2n) is 4.39. The normalized spacial score (nSPS) is 17.2. The molecule has 0 bridgehead atoms. The van der Waals surface area contributed by atoms with Crippen LogP contribution < -0.4 is 5.32 Å². The molecule has 1 N–H and O–H groups in total.